The average Bonchev–Trinajstić information content (AvgIpc) is 3.10. The van der Waals surface area contributed by atoms with Crippen LogP contribution < -0.4 is 0 Å². The molecule has 136 valence electrons. The van der Waals surface area contributed by atoms with E-state index in [0.29, 0.717) is 21.9 Å². The Kier molecular flexibility index (Phi) is 6.45. The third-order valence-corrected chi connectivity index (χ3v) is 5.06. The maximum absolute atomic E-state index is 12.2. The summed E-state index contributed by atoms with van der Waals surface area (Å²) < 4.78 is 10.8. The van der Waals surface area contributed by atoms with Gasteiger partial charge in [-0.2, -0.15) is 0 Å². The molecular formula is C21H21BrO4. The summed E-state index contributed by atoms with van der Waals surface area (Å²) in [6.45, 7) is -0.270. The van der Waals surface area contributed by atoms with Crippen LogP contribution in [0.15, 0.2) is 51.6 Å². The van der Waals surface area contributed by atoms with Gasteiger partial charge in [-0.3, -0.25) is 4.79 Å². The lowest BCUT2D eigenvalue weighted by Gasteiger charge is -2.22. The summed E-state index contributed by atoms with van der Waals surface area (Å²) in [4.78, 5) is 23.9. The lowest BCUT2D eigenvalue weighted by molar-refractivity contribution is -0.136. The molecule has 26 heavy (non-hydrogen) atoms. The van der Waals surface area contributed by atoms with Crippen molar-refractivity contribution in [1.82, 2.24) is 0 Å². The minimum absolute atomic E-state index is 0.206. The minimum atomic E-state index is -0.579. The molecule has 0 spiro atoms. The summed E-state index contributed by atoms with van der Waals surface area (Å²) in [6.07, 6.45) is 9.08. The molecule has 4 nitrogen and oxygen atoms in total. The lowest BCUT2D eigenvalue weighted by Crippen LogP contribution is -2.13. The van der Waals surface area contributed by atoms with Crippen LogP contribution in [0.3, 0.4) is 0 Å². The minimum Gasteiger partial charge on any atom is -0.454 e. The van der Waals surface area contributed by atoms with Gasteiger partial charge in [0.2, 0.25) is 0 Å². The predicted molar refractivity (Wildman–Crippen MR) is 103 cm³/mol. The highest BCUT2D eigenvalue weighted by molar-refractivity contribution is 9.10. The van der Waals surface area contributed by atoms with E-state index in [1.807, 2.05) is 24.3 Å². The molecule has 1 saturated carbocycles. The van der Waals surface area contributed by atoms with Gasteiger partial charge in [-0.15, -0.1) is 0 Å². The van der Waals surface area contributed by atoms with Gasteiger partial charge in [-0.25, -0.2) is 4.79 Å². The largest absolute Gasteiger partial charge is 0.454 e. The van der Waals surface area contributed by atoms with Crippen LogP contribution >= 0.6 is 15.9 Å². The monoisotopic (exact) mass is 416 g/mol. The quantitative estimate of drug-likeness (QED) is 0.352. The molecule has 3 rings (SSSR count). The van der Waals surface area contributed by atoms with E-state index in [1.165, 1.54) is 49.8 Å². The highest BCUT2D eigenvalue weighted by atomic mass is 79.9. The zero-order valence-corrected chi connectivity index (χ0v) is 16.0. The molecule has 2 aromatic rings. The van der Waals surface area contributed by atoms with Crippen molar-refractivity contribution in [2.75, 3.05) is 6.61 Å². The van der Waals surface area contributed by atoms with E-state index in [1.54, 1.807) is 12.1 Å². The number of hydrogen-bond acceptors (Lipinski definition) is 4. The Labute approximate surface area is 161 Å². The van der Waals surface area contributed by atoms with Crippen molar-refractivity contribution in [3.8, 4) is 0 Å². The number of benzene rings is 1. The number of carbonyl (C=O) groups is 2. The Balaban J connectivity index is 1.49. The Hall–Kier alpha value is -2.14. The van der Waals surface area contributed by atoms with Crippen molar-refractivity contribution in [3.05, 3.63) is 64.0 Å². The molecule has 0 unspecified atom stereocenters. The second-order valence-corrected chi connectivity index (χ2v) is 7.24. The SMILES string of the molecule is O=C(C=Cc1ccc(Br)o1)OCC(=O)c1ccc(C2CCCCC2)cc1. The molecule has 1 fully saturated rings. The van der Waals surface area contributed by atoms with E-state index in [9.17, 15) is 9.59 Å². The van der Waals surface area contributed by atoms with Crippen molar-refractivity contribution in [2.45, 2.75) is 38.0 Å². The summed E-state index contributed by atoms with van der Waals surface area (Å²) in [5.74, 6) is 0.350. The average molecular weight is 417 g/mol. The Morgan fingerprint density at radius 1 is 1.08 bits per heavy atom. The van der Waals surface area contributed by atoms with Gasteiger partial charge in [0, 0.05) is 11.6 Å². The summed E-state index contributed by atoms with van der Waals surface area (Å²) >= 11 is 3.18. The third kappa shape index (κ3) is 5.18. The molecule has 0 radical (unpaired) electrons. The van der Waals surface area contributed by atoms with E-state index < -0.39 is 5.97 Å². The molecule has 0 bridgehead atoms. The summed E-state index contributed by atoms with van der Waals surface area (Å²) in [7, 11) is 0. The Bertz CT molecular complexity index is 783. The number of Topliss-reactive ketones (excluding diaryl/α,β-unsaturated/α-hetero) is 1. The molecule has 5 heteroatoms. The van der Waals surface area contributed by atoms with Gasteiger partial charge in [0.15, 0.2) is 17.1 Å². The summed E-state index contributed by atoms with van der Waals surface area (Å²) in [6, 6.07) is 11.2. The van der Waals surface area contributed by atoms with Crippen LogP contribution in [0, 0.1) is 0 Å². The van der Waals surface area contributed by atoms with Gasteiger partial charge in [-0.1, -0.05) is 43.5 Å². The van der Waals surface area contributed by atoms with Crippen molar-refractivity contribution < 1.29 is 18.7 Å². The second-order valence-electron chi connectivity index (χ2n) is 6.46. The van der Waals surface area contributed by atoms with Crippen molar-refractivity contribution in [3.63, 3.8) is 0 Å². The van der Waals surface area contributed by atoms with Gasteiger partial charge >= 0.3 is 5.97 Å². The van der Waals surface area contributed by atoms with E-state index >= 15 is 0 Å². The van der Waals surface area contributed by atoms with Gasteiger partial charge in [0.25, 0.3) is 0 Å². The van der Waals surface area contributed by atoms with Crippen molar-refractivity contribution in [2.24, 2.45) is 0 Å². The Morgan fingerprint density at radius 2 is 1.81 bits per heavy atom. The van der Waals surface area contributed by atoms with Crippen molar-refractivity contribution >= 4 is 33.8 Å². The first-order chi connectivity index (χ1) is 12.6. The van der Waals surface area contributed by atoms with Gasteiger partial charge in [0.05, 0.1) is 0 Å². The second kappa shape index (κ2) is 8.99. The first-order valence-electron chi connectivity index (χ1n) is 8.85. The fourth-order valence-corrected chi connectivity index (χ4v) is 3.53. The first-order valence-corrected chi connectivity index (χ1v) is 9.64. The number of esters is 1. The molecule has 1 aromatic heterocycles. The Morgan fingerprint density at radius 3 is 2.46 bits per heavy atom. The molecule has 0 atom stereocenters. The zero-order chi connectivity index (χ0) is 18.4. The number of ketones is 1. The number of hydrogen-bond donors (Lipinski definition) is 0. The molecule has 0 saturated heterocycles. The summed E-state index contributed by atoms with van der Waals surface area (Å²) in [5, 5.41) is 0. The smallest absolute Gasteiger partial charge is 0.331 e. The molecule has 1 aliphatic rings. The highest BCUT2D eigenvalue weighted by Gasteiger charge is 2.16. The number of rotatable bonds is 6. The number of ether oxygens (including phenoxy) is 1. The molecule has 1 aromatic carbocycles. The number of halogens is 1. The van der Waals surface area contributed by atoms with E-state index in [-0.39, 0.29) is 12.4 Å². The molecular weight excluding hydrogens is 396 g/mol. The van der Waals surface area contributed by atoms with Crippen LogP contribution in [0.2, 0.25) is 0 Å². The van der Waals surface area contributed by atoms with Gasteiger partial charge < -0.3 is 9.15 Å². The van der Waals surface area contributed by atoms with E-state index in [4.69, 9.17) is 9.15 Å². The summed E-state index contributed by atoms with van der Waals surface area (Å²) in [5.41, 5.74) is 1.86. The van der Waals surface area contributed by atoms with E-state index in [0.717, 1.165) is 0 Å². The molecule has 1 aliphatic carbocycles. The van der Waals surface area contributed by atoms with Crippen LogP contribution in [0.4, 0.5) is 0 Å². The predicted octanol–water partition coefficient (Wildman–Crippen LogP) is 5.53. The molecule has 1 heterocycles. The maximum Gasteiger partial charge on any atom is 0.331 e. The number of carbonyl (C=O) groups excluding carboxylic acids is 2. The van der Waals surface area contributed by atoms with Crippen LogP contribution in [0.5, 0.6) is 0 Å². The van der Waals surface area contributed by atoms with Crippen LogP contribution in [0.1, 0.15) is 59.7 Å². The topological polar surface area (TPSA) is 56.5 Å². The fourth-order valence-electron chi connectivity index (χ4n) is 3.21. The van der Waals surface area contributed by atoms with Crippen LogP contribution in [-0.2, 0) is 9.53 Å². The third-order valence-electron chi connectivity index (χ3n) is 4.63. The van der Waals surface area contributed by atoms with Gasteiger partial charge in [0.1, 0.15) is 5.76 Å². The van der Waals surface area contributed by atoms with Crippen LogP contribution in [0.25, 0.3) is 6.08 Å². The van der Waals surface area contributed by atoms with Gasteiger partial charge in [-0.05, 0) is 58.5 Å². The standard InChI is InChI=1S/C21H21BrO4/c22-20-12-10-18(26-20)11-13-21(24)25-14-19(23)17-8-6-16(7-9-17)15-4-2-1-3-5-15/h6-13,15H,1-5,14H2. The normalized spacial score (nSPS) is 15.3. The zero-order valence-electron chi connectivity index (χ0n) is 14.4. The fraction of sp³-hybridized carbons (Fsp3) is 0.333. The van der Waals surface area contributed by atoms with E-state index in [2.05, 4.69) is 15.9 Å². The molecule has 0 N–H and O–H groups in total. The first kappa shape index (κ1) is 18.6. The number of furan rings is 1. The van der Waals surface area contributed by atoms with Crippen LogP contribution in [-0.4, -0.2) is 18.4 Å². The van der Waals surface area contributed by atoms with Crippen molar-refractivity contribution in [1.29, 1.82) is 0 Å². The molecule has 0 amide bonds. The highest BCUT2D eigenvalue weighted by Crippen LogP contribution is 2.32. The maximum atomic E-state index is 12.2. The molecule has 0 aliphatic heterocycles. The lowest BCUT2D eigenvalue weighted by atomic mass is 9.84.